The van der Waals surface area contributed by atoms with Crippen molar-refractivity contribution >= 4 is 22.6 Å². The molecule has 3 nitrogen and oxygen atoms in total. The predicted octanol–water partition coefficient (Wildman–Crippen LogP) is 3.75. The molecule has 0 saturated heterocycles. The minimum absolute atomic E-state index is 0.698. The molecule has 0 fully saturated rings. The average molecular weight is 273 g/mol. The lowest BCUT2D eigenvalue weighted by atomic mass is 10.2. The number of methoxy groups -OCH3 is 1. The average Bonchev–Trinajstić information content (AvgIpc) is 2.84. The fourth-order valence-electron chi connectivity index (χ4n) is 2.18. The van der Waals surface area contributed by atoms with Gasteiger partial charge in [0.05, 0.1) is 19.0 Å². The summed E-state index contributed by atoms with van der Waals surface area (Å²) in [7, 11) is 1.67. The standard InChI is InChI=1S/C15H13ClN2O/c1-19-14-6-8-17-15-12(14)7-9-18(15)10-11-4-2-3-5-13(11)16/h2-9H,10H2,1H3. The number of halogens is 1. The van der Waals surface area contributed by atoms with Gasteiger partial charge in [0.1, 0.15) is 11.4 Å². The Morgan fingerprint density at radius 3 is 2.84 bits per heavy atom. The van der Waals surface area contributed by atoms with Crippen LogP contribution >= 0.6 is 11.6 Å². The van der Waals surface area contributed by atoms with E-state index in [4.69, 9.17) is 16.3 Å². The van der Waals surface area contributed by atoms with Gasteiger partial charge in [0.2, 0.25) is 0 Å². The molecule has 0 amide bonds. The van der Waals surface area contributed by atoms with Crippen LogP contribution in [0.25, 0.3) is 11.0 Å². The molecule has 1 aromatic carbocycles. The number of aromatic nitrogens is 2. The first-order valence-corrected chi connectivity index (χ1v) is 6.38. The van der Waals surface area contributed by atoms with Crippen LogP contribution in [0.15, 0.2) is 48.8 Å². The third-order valence-corrected chi connectivity index (χ3v) is 3.51. The van der Waals surface area contributed by atoms with Crippen LogP contribution in [0.1, 0.15) is 5.56 Å². The van der Waals surface area contributed by atoms with Crippen molar-refractivity contribution < 1.29 is 4.74 Å². The summed E-state index contributed by atoms with van der Waals surface area (Å²) in [5.41, 5.74) is 1.98. The van der Waals surface area contributed by atoms with E-state index in [0.717, 1.165) is 27.4 Å². The lowest BCUT2D eigenvalue weighted by Crippen LogP contribution is -1.99. The van der Waals surface area contributed by atoms with Gasteiger partial charge in [-0.25, -0.2) is 4.98 Å². The number of nitrogens with zero attached hydrogens (tertiary/aromatic N) is 2. The maximum Gasteiger partial charge on any atom is 0.143 e. The van der Waals surface area contributed by atoms with Gasteiger partial charge < -0.3 is 9.30 Å². The number of ether oxygens (including phenoxy) is 1. The van der Waals surface area contributed by atoms with Crippen molar-refractivity contribution in [1.29, 1.82) is 0 Å². The number of rotatable bonds is 3. The van der Waals surface area contributed by atoms with Crippen LogP contribution in [0.3, 0.4) is 0 Å². The molecule has 0 aliphatic carbocycles. The van der Waals surface area contributed by atoms with E-state index < -0.39 is 0 Å². The highest BCUT2D eigenvalue weighted by molar-refractivity contribution is 6.31. The lowest BCUT2D eigenvalue weighted by molar-refractivity contribution is 0.419. The van der Waals surface area contributed by atoms with Gasteiger partial charge in [-0.05, 0) is 23.8 Å². The Kier molecular flexibility index (Phi) is 3.13. The third-order valence-electron chi connectivity index (χ3n) is 3.14. The smallest absolute Gasteiger partial charge is 0.143 e. The van der Waals surface area contributed by atoms with Crippen molar-refractivity contribution in [3.05, 3.63) is 59.4 Å². The molecule has 0 unspecified atom stereocenters. The highest BCUT2D eigenvalue weighted by Gasteiger charge is 2.08. The molecule has 2 aromatic heterocycles. The summed E-state index contributed by atoms with van der Waals surface area (Å²) in [5, 5.41) is 1.78. The highest BCUT2D eigenvalue weighted by Crippen LogP contribution is 2.25. The van der Waals surface area contributed by atoms with Gasteiger partial charge in [-0.15, -0.1) is 0 Å². The summed E-state index contributed by atoms with van der Waals surface area (Å²) >= 11 is 6.19. The molecule has 0 bridgehead atoms. The van der Waals surface area contributed by atoms with Gasteiger partial charge in [-0.2, -0.15) is 0 Å². The topological polar surface area (TPSA) is 27.1 Å². The van der Waals surface area contributed by atoms with E-state index in [1.54, 1.807) is 13.3 Å². The summed E-state index contributed by atoms with van der Waals surface area (Å²) in [6.45, 7) is 0.698. The maximum absolute atomic E-state index is 6.19. The highest BCUT2D eigenvalue weighted by atomic mass is 35.5. The largest absolute Gasteiger partial charge is 0.496 e. The van der Waals surface area contributed by atoms with Crippen LogP contribution in [-0.4, -0.2) is 16.7 Å². The Bertz CT molecular complexity index is 721. The fourth-order valence-corrected chi connectivity index (χ4v) is 2.38. The molecular weight excluding hydrogens is 260 g/mol. The molecule has 4 heteroatoms. The number of fused-ring (bicyclic) bond motifs is 1. The predicted molar refractivity (Wildman–Crippen MR) is 76.8 cm³/mol. The Morgan fingerprint density at radius 1 is 1.21 bits per heavy atom. The summed E-state index contributed by atoms with van der Waals surface area (Å²) < 4.78 is 7.40. The second-order valence-electron chi connectivity index (χ2n) is 4.29. The summed E-state index contributed by atoms with van der Waals surface area (Å²) in [6, 6.07) is 11.7. The monoisotopic (exact) mass is 272 g/mol. The van der Waals surface area contributed by atoms with E-state index >= 15 is 0 Å². The summed E-state index contributed by atoms with van der Waals surface area (Å²) in [6.07, 6.45) is 3.76. The Labute approximate surface area is 116 Å². The van der Waals surface area contributed by atoms with Crippen molar-refractivity contribution in [3.63, 3.8) is 0 Å². The second-order valence-corrected chi connectivity index (χ2v) is 4.69. The zero-order chi connectivity index (χ0) is 13.2. The number of hydrogen-bond donors (Lipinski definition) is 0. The van der Waals surface area contributed by atoms with Gasteiger partial charge in [0.15, 0.2) is 0 Å². The minimum Gasteiger partial charge on any atom is -0.496 e. The van der Waals surface area contributed by atoms with Gasteiger partial charge in [-0.1, -0.05) is 29.8 Å². The van der Waals surface area contributed by atoms with Crippen molar-refractivity contribution in [2.24, 2.45) is 0 Å². The molecule has 0 aliphatic rings. The first-order chi connectivity index (χ1) is 9.29. The quantitative estimate of drug-likeness (QED) is 0.726. The van der Waals surface area contributed by atoms with E-state index in [1.165, 1.54) is 0 Å². The number of pyridine rings is 1. The van der Waals surface area contributed by atoms with Crippen molar-refractivity contribution in [1.82, 2.24) is 9.55 Å². The summed E-state index contributed by atoms with van der Waals surface area (Å²) in [4.78, 5) is 4.42. The first kappa shape index (κ1) is 12.1. The zero-order valence-electron chi connectivity index (χ0n) is 10.5. The third kappa shape index (κ3) is 2.17. The number of benzene rings is 1. The van der Waals surface area contributed by atoms with Crippen LogP contribution in [-0.2, 0) is 6.54 Å². The van der Waals surface area contributed by atoms with Gasteiger partial charge in [0, 0.05) is 17.4 Å². The molecule has 2 heterocycles. The molecule has 0 spiro atoms. The SMILES string of the molecule is COc1ccnc2c1ccn2Cc1ccccc1Cl. The van der Waals surface area contributed by atoms with E-state index in [1.807, 2.05) is 42.6 Å². The van der Waals surface area contributed by atoms with Crippen molar-refractivity contribution in [2.45, 2.75) is 6.54 Å². The molecule has 3 rings (SSSR count). The van der Waals surface area contributed by atoms with Crippen molar-refractivity contribution in [3.8, 4) is 5.75 Å². The molecule has 19 heavy (non-hydrogen) atoms. The van der Waals surface area contributed by atoms with E-state index in [-0.39, 0.29) is 0 Å². The van der Waals surface area contributed by atoms with Crippen LogP contribution in [0, 0.1) is 0 Å². The van der Waals surface area contributed by atoms with Gasteiger partial charge >= 0.3 is 0 Å². The van der Waals surface area contributed by atoms with Crippen molar-refractivity contribution in [2.75, 3.05) is 7.11 Å². The Balaban J connectivity index is 2.05. The second kappa shape index (κ2) is 4.94. The van der Waals surface area contributed by atoms with E-state index in [9.17, 15) is 0 Å². The first-order valence-electron chi connectivity index (χ1n) is 6.01. The molecule has 96 valence electrons. The van der Waals surface area contributed by atoms with Crippen LogP contribution in [0.5, 0.6) is 5.75 Å². The zero-order valence-corrected chi connectivity index (χ0v) is 11.3. The molecule has 0 saturated carbocycles. The molecule has 0 radical (unpaired) electrons. The van der Waals surface area contributed by atoms with Crippen LogP contribution in [0.4, 0.5) is 0 Å². The minimum atomic E-state index is 0.698. The molecule has 0 atom stereocenters. The van der Waals surface area contributed by atoms with Gasteiger partial charge in [0.25, 0.3) is 0 Å². The lowest BCUT2D eigenvalue weighted by Gasteiger charge is -2.07. The Hall–Kier alpha value is -2.00. The van der Waals surface area contributed by atoms with Gasteiger partial charge in [-0.3, -0.25) is 0 Å². The number of hydrogen-bond acceptors (Lipinski definition) is 2. The van der Waals surface area contributed by atoms with E-state index in [2.05, 4.69) is 9.55 Å². The van der Waals surface area contributed by atoms with Crippen LogP contribution < -0.4 is 4.74 Å². The Morgan fingerprint density at radius 2 is 2.05 bits per heavy atom. The van der Waals surface area contributed by atoms with E-state index in [0.29, 0.717) is 6.54 Å². The van der Waals surface area contributed by atoms with Crippen LogP contribution in [0.2, 0.25) is 5.02 Å². The normalized spacial score (nSPS) is 10.8. The molecule has 3 aromatic rings. The molecule has 0 N–H and O–H groups in total. The molecule has 0 aliphatic heterocycles. The fraction of sp³-hybridized carbons (Fsp3) is 0.133. The maximum atomic E-state index is 6.19. The molecular formula is C15H13ClN2O. The summed E-state index contributed by atoms with van der Waals surface area (Å²) in [5.74, 6) is 0.836.